The molecule has 1 saturated heterocycles. The van der Waals surface area contributed by atoms with Gasteiger partial charge >= 0.3 is 5.76 Å². The quantitative estimate of drug-likeness (QED) is 0.377. The van der Waals surface area contributed by atoms with Gasteiger partial charge in [-0.25, -0.2) is 17.9 Å². The Morgan fingerprint density at radius 1 is 1.00 bits per heavy atom. The summed E-state index contributed by atoms with van der Waals surface area (Å²) in [4.78, 5) is 19.1. The second-order valence-corrected chi connectivity index (χ2v) is 10.6. The van der Waals surface area contributed by atoms with E-state index in [0.717, 1.165) is 54.7 Å². The van der Waals surface area contributed by atoms with Gasteiger partial charge in [0.05, 0.1) is 10.6 Å². The summed E-state index contributed by atoms with van der Waals surface area (Å²) in [5.74, 6) is -0.448. The van der Waals surface area contributed by atoms with Gasteiger partial charge in [0.2, 0.25) is 10.0 Å². The topological polar surface area (TPSA) is 98.6 Å². The van der Waals surface area contributed by atoms with E-state index >= 15 is 0 Å². The molecule has 0 spiro atoms. The highest BCUT2D eigenvalue weighted by Gasteiger charge is 2.20. The van der Waals surface area contributed by atoms with Crippen LogP contribution in [0.15, 0.2) is 68.7 Å². The molecule has 2 N–H and O–H groups in total. The van der Waals surface area contributed by atoms with Crippen molar-refractivity contribution in [3.05, 3.63) is 70.2 Å². The van der Waals surface area contributed by atoms with Gasteiger partial charge < -0.3 is 9.32 Å². The standard InChI is InChI=1S/C24H25ClN4O4S/c25-19-7-5-18-16-20(8-6-17(18)15-19)34(31,32)26-9-2-10-28-11-13-29(14-12-28)21-3-1-4-22-23(21)27-24(30)33-22/h1,3-8,15-16,26H,2,9-14H2,(H,27,30). The minimum atomic E-state index is -3.58. The van der Waals surface area contributed by atoms with E-state index in [-0.39, 0.29) is 4.90 Å². The largest absolute Gasteiger partial charge is 0.417 e. The molecule has 1 fully saturated rings. The van der Waals surface area contributed by atoms with E-state index in [0.29, 0.717) is 23.6 Å². The third-order valence-electron chi connectivity index (χ3n) is 6.17. The normalized spacial score (nSPS) is 15.4. The average Bonchev–Trinajstić information content (AvgIpc) is 3.22. The molecule has 1 aliphatic heterocycles. The molecule has 1 aliphatic rings. The summed E-state index contributed by atoms with van der Waals surface area (Å²) in [7, 11) is -3.58. The number of rotatable bonds is 7. The molecule has 34 heavy (non-hydrogen) atoms. The number of hydrogen-bond donors (Lipinski definition) is 2. The van der Waals surface area contributed by atoms with Crippen LogP contribution in [0.3, 0.4) is 0 Å². The van der Waals surface area contributed by atoms with Crippen molar-refractivity contribution in [1.29, 1.82) is 0 Å². The summed E-state index contributed by atoms with van der Waals surface area (Å²) in [6.07, 6.45) is 0.715. The molecule has 5 rings (SSSR count). The maximum Gasteiger partial charge on any atom is 0.417 e. The summed E-state index contributed by atoms with van der Waals surface area (Å²) in [6, 6.07) is 16.1. The number of aromatic nitrogens is 1. The summed E-state index contributed by atoms with van der Waals surface area (Å²) in [5, 5.41) is 2.36. The number of H-pyrrole nitrogens is 1. The van der Waals surface area contributed by atoms with Gasteiger partial charge in [0.15, 0.2) is 5.58 Å². The molecule has 1 aromatic heterocycles. The number of piperazine rings is 1. The number of oxazole rings is 1. The van der Waals surface area contributed by atoms with Crippen LogP contribution < -0.4 is 15.4 Å². The number of benzene rings is 3. The van der Waals surface area contributed by atoms with Crippen molar-refractivity contribution in [2.75, 3.05) is 44.2 Å². The number of fused-ring (bicyclic) bond motifs is 2. The molecule has 0 aliphatic carbocycles. The minimum Gasteiger partial charge on any atom is -0.408 e. The van der Waals surface area contributed by atoms with Crippen molar-refractivity contribution in [3.8, 4) is 0 Å². The summed E-state index contributed by atoms with van der Waals surface area (Å²) < 4.78 is 33.3. The second kappa shape index (κ2) is 9.42. The predicted molar refractivity (Wildman–Crippen MR) is 134 cm³/mol. The van der Waals surface area contributed by atoms with Crippen LogP contribution in [0.5, 0.6) is 0 Å². The van der Waals surface area contributed by atoms with Crippen LogP contribution in [0.2, 0.25) is 5.02 Å². The van der Waals surface area contributed by atoms with E-state index in [1.54, 1.807) is 30.3 Å². The molecule has 3 aromatic carbocycles. The van der Waals surface area contributed by atoms with Gasteiger partial charge in [-0.05, 0) is 60.1 Å². The van der Waals surface area contributed by atoms with Crippen LogP contribution in [0.25, 0.3) is 21.9 Å². The van der Waals surface area contributed by atoms with E-state index in [9.17, 15) is 13.2 Å². The van der Waals surface area contributed by atoms with Crippen molar-refractivity contribution in [2.45, 2.75) is 11.3 Å². The number of halogens is 1. The first-order valence-corrected chi connectivity index (χ1v) is 13.0. The number of aromatic amines is 1. The lowest BCUT2D eigenvalue weighted by Crippen LogP contribution is -2.47. The molecule has 0 amide bonds. The molecule has 8 nitrogen and oxygen atoms in total. The molecular weight excluding hydrogens is 476 g/mol. The van der Waals surface area contributed by atoms with Crippen molar-refractivity contribution in [2.24, 2.45) is 0 Å². The number of nitrogens with zero attached hydrogens (tertiary/aromatic N) is 2. The van der Waals surface area contributed by atoms with Crippen molar-refractivity contribution >= 4 is 49.2 Å². The number of para-hydroxylation sites is 1. The van der Waals surface area contributed by atoms with E-state index < -0.39 is 15.8 Å². The van der Waals surface area contributed by atoms with Crippen LogP contribution in [-0.2, 0) is 10.0 Å². The Labute approximate surface area is 202 Å². The van der Waals surface area contributed by atoms with E-state index in [4.69, 9.17) is 16.0 Å². The van der Waals surface area contributed by atoms with Crippen LogP contribution in [-0.4, -0.2) is 57.6 Å². The molecule has 10 heteroatoms. The Morgan fingerprint density at radius 3 is 2.59 bits per heavy atom. The Bertz CT molecular complexity index is 1490. The van der Waals surface area contributed by atoms with Crippen molar-refractivity contribution in [3.63, 3.8) is 0 Å². The first kappa shape index (κ1) is 22.9. The third-order valence-corrected chi connectivity index (χ3v) is 7.87. The molecule has 4 aromatic rings. The van der Waals surface area contributed by atoms with Gasteiger partial charge in [0, 0.05) is 37.7 Å². The fourth-order valence-corrected chi connectivity index (χ4v) is 5.68. The Kier molecular flexibility index (Phi) is 6.35. The highest BCUT2D eigenvalue weighted by molar-refractivity contribution is 7.89. The van der Waals surface area contributed by atoms with Crippen LogP contribution in [0.4, 0.5) is 5.69 Å². The zero-order valence-corrected chi connectivity index (χ0v) is 20.0. The van der Waals surface area contributed by atoms with E-state index in [1.165, 1.54) is 0 Å². The maximum atomic E-state index is 12.7. The fraction of sp³-hybridized carbons (Fsp3) is 0.292. The summed E-state index contributed by atoms with van der Waals surface area (Å²) in [6.45, 7) is 4.53. The predicted octanol–water partition coefficient (Wildman–Crippen LogP) is 3.42. The highest BCUT2D eigenvalue weighted by atomic mass is 35.5. The van der Waals surface area contributed by atoms with Crippen LogP contribution in [0, 0.1) is 0 Å². The smallest absolute Gasteiger partial charge is 0.408 e. The SMILES string of the molecule is O=c1[nH]c2c(N3CCN(CCCNS(=O)(=O)c4ccc5cc(Cl)ccc5c4)CC3)cccc2o1. The van der Waals surface area contributed by atoms with Gasteiger partial charge in [-0.2, -0.15) is 0 Å². The van der Waals surface area contributed by atoms with E-state index in [1.807, 2.05) is 24.3 Å². The zero-order chi connectivity index (χ0) is 23.7. The first-order chi connectivity index (χ1) is 16.4. The highest BCUT2D eigenvalue weighted by Crippen LogP contribution is 2.25. The summed E-state index contributed by atoms with van der Waals surface area (Å²) in [5.41, 5.74) is 2.26. The van der Waals surface area contributed by atoms with Gasteiger partial charge in [-0.15, -0.1) is 0 Å². The molecule has 0 unspecified atom stereocenters. The van der Waals surface area contributed by atoms with Gasteiger partial charge in [0.1, 0.15) is 5.52 Å². The lowest BCUT2D eigenvalue weighted by molar-refractivity contribution is 0.255. The number of nitrogens with one attached hydrogen (secondary N) is 2. The number of sulfonamides is 1. The molecular formula is C24H25ClN4O4S. The first-order valence-electron chi connectivity index (χ1n) is 11.2. The second-order valence-electron chi connectivity index (χ2n) is 8.40. The summed E-state index contributed by atoms with van der Waals surface area (Å²) >= 11 is 6.01. The van der Waals surface area contributed by atoms with E-state index in [2.05, 4.69) is 19.5 Å². The van der Waals surface area contributed by atoms with Gasteiger partial charge in [-0.1, -0.05) is 29.8 Å². The third kappa shape index (κ3) is 4.83. The molecule has 0 bridgehead atoms. The molecule has 0 radical (unpaired) electrons. The minimum absolute atomic E-state index is 0.252. The molecule has 2 heterocycles. The Hall–Kier alpha value is -2.85. The van der Waals surface area contributed by atoms with Gasteiger partial charge in [-0.3, -0.25) is 9.88 Å². The van der Waals surface area contributed by atoms with Crippen molar-refractivity contribution < 1.29 is 12.8 Å². The monoisotopic (exact) mass is 500 g/mol. The molecule has 0 atom stereocenters. The number of anilines is 1. The maximum absolute atomic E-state index is 12.7. The lowest BCUT2D eigenvalue weighted by Gasteiger charge is -2.36. The Morgan fingerprint density at radius 2 is 1.76 bits per heavy atom. The molecule has 0 saturated carbocycles. The average molecular weight is 501 g/mol. The Balaban J connectivity index is 1.12. The van der Waals surface area contributed by atoms with Gasteiger partial charge in [0.25, 0.3) is 0 Å². The molecule has 178 valence electrons. The number of hydrogen-bond acceptors (Lipinski definition) is 6. The van der Waals surface area contributed by atoms with Crippen molar-refractivity contribution in [1.82, 2.24) is 14.6 Å². The van der Waals surface area contributed by atoms with Crippen LogP contribution in [0.1, 0.15) is 6.42 Å². The lowest BCUT2D eigenvalue weighted by atomic mass is 10.1. The zero-order valence-electron chi connectivity index (χ0n) is 18.5. The fourth-order valence-electron chi connectivity index (χ4n) is 4.39. The van der Waals surface area contributed by atoms with Crippen LogP contribution >= 0.6 is 11.6 Å².